The van der Waals surface area contributed by atoms with Gasteiger partial charge in [-0.25, -0.2) is 0 Å². The van der Waals surface area contributed by atoms with E-state index in [2.05, 4.69) is 5.32 Å². The van der Waals surface area contributed by atoms with Crippen LogP contribution < -0.4 is 5.32 Å². The van der Waals surface area contributed by atoms with E-state index >= 15 is 0 Å². The van der Waals surface area contributed by atoms with Gasteiger partial charge in [-0.1, -0.05) is 11.6 Å². The first-order valence-electron chi connectivity index (χ1n) is 5.54. The summed E-state index contributed by atoms with van der Waals surface area (Å²) in [5.41, 5.74) is -1.51. The van der Waals surface area contributed by atoms with E-state index in [1.807, 2.05) is 0 Å². The molecule has 0 bridgehead atoms. The Labute approximate surface area is 114 Å². The van der Waals surface area contributed by atoms with Crippen molar-refractivity contribution in [1.82, 2.24) is 5.32 Å². The summed E-state index contributed by atoms with van der Waals surface area (Å²) in [6.45, 7) is 0.870. The van der Waals surface area contributed by atoms with Gasteiger partial charge >= 0.3 is 6.18 Å². The number of aliphatic hydroxyl groups excluding tert-OH is 2. The van der Waals surface area contributed by atoms with Crippen molar-refractivity contribution in [2.45, 2.75) is 25.2 Å². The third-order valence-electron chi connectivity index (χ3n) is 2.78. The van der Waals surface area contributed by atoms with Gasteiger partial charge in [-0.05, 0) is 30.7 Å². The maximum Gasteiger partial charge on any atom is 0.416 e. The molecule has 3 nitrogen and oxygen atoms in total. The number of alkyl halides is 3. The molecule has 0 aliphatic heterocycles. The highest BCUT2D eigenvalue weighted by atomic mass is 35.5. The van der Waals surface area contributed by atoms with Crippen molar-refractivity contribution in [3.63, 3.8) is 0 Å². The molecular formula is C12H15ClF3NO2. The lowest BCUT2D eigenvalue weighted by atomic mass is 10.0. The summed E-state index contributed by atoms with van der Waals surface area (Å²) in [7, 11) is 0. The molecule has 0 aromatic heterocycles. The SMILES string of the molecule is CC(CO)(CO)NCc1cc(C(F)(F)F)ccc1Cl. The molecule has 108 valence electrons. The summed E-state index contributed by atoms with van der Waals surface area (Å²) in [4.78, 5) is 0. The molecular weight excluding hydrogens is 283 g/mol. The van der Waals surface area contributed by atoms with Gasteiger partial charge in [-0.15, -0.1) is 0 Å². The van der Waals surface area contributed by atoms with Gasteiger partial charge in [0.25, 0.3) is 0 Å². The minimum Gasteiger partial charge on any atom is -0.394 e. The second kappa shape index (κ2) is 6.09. The van der Waals surface area contributed by atoms with Crippen LogP contribution in [0.5, 0.6) is 0 Å². The monoisotopic (exact) mass is 297 g/mol. The van der Waals surface area contributed by atoms with E-state index in [9.17, 15) is 13.2 Å². The summed E-state index contributed by atoms with van der Waals surface area (Å²) in [5.74, 6) is 0. The molecule has 0 radical (unpaired) electrons. The Morgan fingerprint density at radius 2 is 1.79 bits per heavy atom. The normalized spacial score (nSPS) is 12.8. The van der Waals surface area contributed by atoms with E-state index in [1.165, 1.54) is 6.07 Å². The molecule has 0 atom stereocenters. The maximum absolute atomic E-state index is 12.6. The zero-order chi connectivity index (χ0) is 14.7. The van der Waals surface area contributed by atoms with Crippen LogP contribution in [0.4, 0.5) is 13.2 Å². The van der Waals surface area contributed by atoms with Crippen LogP contribution >= 0.6 is 11.6 Å². The van der Waals surface area contributed by atoms with Crippen LogP contribution in [0.15, 0.2) is 18.2 Å². The molecule has 0 fully saturated rings. The first-order valence-corrected chi connectivity index (χ1v) is 5.92. The van der Waals surface area contributed by atoms with Gasteiger partial charge < -0.3 is 15.5 Å². The quantitative estimate of drug-likeness (QED) is 0.781. The van der Waals surface area contributed by atoms with Gasteiger partial charge in [-0.3, -0.25) is 0 Å². The van der Waals surface area contributed by atoms with Crippen LogP contribution in [0.1, 0.15) is 18.1 Å². The molecule has 1 rings (SSSR count). The fourth-order valence-corrected chi connectivity index (χ4v) is 1.54. The van der Waals surface area contributed by atoms with Crippen LogP contribution in [0.2, 0.25) is 5.02 Å². The molecule has 0 saturated carbocycles. The molecule has 0 unspecified atom stereocenters. The van der Waals surface area contributed by atoms with Gasteiger partial charge in [0.15, 0.2) is 0 Å². The second-order valence-electron chi connectivity index (χ2n) is 4.53. The molecule has 0 heterocycles. The third kappa shape index (κ3) is 4.35. The lowest BCUT2D eigenvalue weighted by Gasteiger charge is -2.26. The Kier molecular flexibility index (Phi) is 5.20. The van der Waals surface area contributed by atoms with Crippen molar-refractivity contribution in [2.24, 2.45) is 0 Å². The Bertz CT molecular complexity index is 433. The second-order valence-corrected chi connectivity index (χ2v) is 4.94. The number of benzene rings is 1. The zero-order valence-electron chi connectivity index (χ0n) is 10.3. The number of hydrogen-bond donors (Lipinski definition) is 3. The molecule has 0 aliphatic rings. The molecule has 0 amide bonds. The largest absolute Gasteiger partial charge is 0.416 e. The van der Waals surface area contributed by atoms with Crippen molar-refractivity contribution in [3.8, 4) is 0 Å². The Balaban J connectivity index is 2.89. The Morgan fingerprint density at radius 3 is 2.26 bits per heavy atom. The van der Waals surface area contributed by atoms with Crippen molar-refractivity contribution < 1.29 is 23.4 Å². The molecule has 0 saturated heterocycles. The molecule has 7 heteroatoms. The van der Waals surface area contributed by atoms with Crippen LogP contribution in [0, 0.1) is 0 Å². The number of rotatable bonds is 5. The van der Waals surface area contributed by atoms with Crippen LogP contribution in [-0.4, -0.2) is 29.0 Å². The zero-order valence-corrected chi connectivity index (χ0v) is 11.0. The van der Waals surface area contributed by atoms with Gasteiger partial charge in [-0.2, -0.15) is 13.2 Å². The average Bonchev–Trinajstić information content (AvgIpc) is 2.36. The lowest BCUT2D eigenvalue weighted by Crippen LogP contribution is -2.48. The third-order valence-corrected chi connectivity index (χ3v) is 3.15. The minimum absolute atomic E-state index is 0.0143. The molecule has 0 spiro atoms. The molecule has 1 aromatic carbocycles. The summed E-state index contributed by atoms with van der Waals surface area (Å²) >= 11 is 5.83. The fourth-order valence-electron chi connectivity index (χ4n) is 1.36. The van der Waals surface area contributed by atoms with Crippen LogP contribution in [-0.2, 0) is 12.7 Å². The average molecular weight is 298 g/mol. The predicted molar refractivity (Wildman–Crippen MR) is 65.9 cm³/mol. The first kappa shape index (κ1) is 16.2. The van der Waals surface area contributed by atoms with Crippen molar-refractivity contribution in [2.75, 3.05) is 13.2 Å². The minimum atomic E-state index is -4.43. The van der Waals surface area contributed by atoms with E-state index in [4.69, 9.17) is 21.8 Å². The Morgan fingerprint density at radius 1 is 1.21 bits per heavy atom. The van der Waals surface area contributed by atoms with Crippen LogP contribution in [0.25, 0.3) is 0 Å². The first-order chi connectivity index (χ1) is 8.72. The topological polar surface area (TPSA) is 52.5 Å². The fraction of sp³-hybridized carbons (Fsp3) is 0.500. The summed E-state index contributed by atoms with van der Waals surface area (Å²) in [6.07, 6.45) is -4.43. The van der Waals surface area contributed by atoms with E-state index in [-0.39, 0.29) is 30.3 Å². The van der Waals surface area contributed by atoms with E-state index < -0.39 is 17.3 Å². The predicted octanol–water partition coefficient (Wildman–Crippen LogP) is 2.19. The summed E-state index contributed by atoms with van der Waals surface area (Å²) in [5, 5.41) is 21.1. The van der Waals surface area contributed by atoms with E-state index in [0.717, 1.165) is 12.1 Å². The molecule has 19 heavy (non-hydrogen) atoms. The van der Waals surface area contributed by atoms with Crippen molar-refractivity contribution in [1.29, 1.82) is 0 Å². The highest BCUT2D eigenvalue weighted by molar-refractivity contribution is 6.31. The molecule has 3 N–H and O–H groups in total. The number of nitrogens with one attached hydrogen (secondary N) is 1. The van der Waals surface area contributed by atoms with Gasteiger partial charge in [0.1, 0.15) is 0 Å². The van der Waals surface area contributed by atoms with Crippen LogP contribution in [0.3, 0.4) is 0 Å². The van der Waals surface area contributed by atoms with Gasteiger partial charge in [0, 0.05) is 11.6 Å². The highest BCUT2D eigenvalue weighted by Gasteiger charge is 2.31. The van der Waals surface area contributed by atoms with Gasteiger partial charge in [0.05, 0.1) is 24.3 Å². The van der Waals surface area contributed by atoms with E-state index in [1.54, 1.807) is 6.92 Å². The number of aliphatic hydroxyl groups is 2. The standard InChI is InChI=1S/C12H15ClF3NO2/c1-11(6-18,7-19)17-5-8-4-9(12(14,15)16)2-3-10(8)13/h2-4,17-19H,5-7H2,1H3. The summed E-state index contributed by atoms with van der Waals surface area (Å²) < 4.78 is 37.7. The van der Waals surface area contributed by atoms with Crippen molar-refractivity contribution >= 4 is 11.6 Å². The number of hydrogen-bond acceptors (Lipinski definition) is 3. The number of halogens is 4. The smallest absolute Gasteiger partial charge is 0.394 e. The molecule has 1 aromatic rings. The summed E-state index contributed by atoms with van der Waals surface area (Å²) in [6, 6.07) is 3.03. The highest BCUT2D eigenvalue weighted by Crippen LogP contribution is 2.31. The van der Waals surface area contributed by atoms with E-state index in [0.29, 0.717) is 0 Å². The Hall–Kier alpha value is -0.820. The lowest BCUT2D eigenvalue weighted by molar-refractivity contribution is -0.137. The van der Waals surface area contributed by atoms with Crippen molar-refractivity contribution in [3.05, 3.63) is 34.3 Å². The van der Waals surface area contributed by atoms with Gasteiger partial charge in [0.2, 0.25) is 0 Å². The molecule has 0 aliphatic carbocycles. The maximum atomic E-state index is 12.6.